The smallest absolute Gasteiger partial charge is 0.119 e. The van der Waals surface area contributed by atoms with Gasteiger partial charge in [-0.1, -0.05) is 35.3 Å². The number of hydrogen-bond acceptors (Lipinski definition) is 3. The van der Waals surface area contributed by atoms with Crippen LogP contribution in [0.1, 0.15) is 5.01 Å². The van der Waals surface area contributed by atoms with Crippen molar-refractivity contribution in [2.75, 3.05) is 0 Å². The number of thiazole rings is 1. The molecule has 2 rings (SSSR count). The average molecular weight is 260 g/mol. The van der Waals surface area contributed by atoms with E-state index in [0.29, 0.717) is 15.1 Å². The van der Waals surface area contributed by atoms with Gasteiger partial charge in [-0.2, -0.15) is 0 Å². The molecule has 5 heteroatoms. The second-order valence-corrected chi connectivity index (χ2v) is 4.78. The van der Waals surface area contributed by atoms with E-state index in [-0.39, 0.29) is 6.61 Å². The quantitative estimate of drug-likeness (QED) is 0.894. The molecule has 0 radical (unpaired) electrons. The lowest BCUT2D eigenvalue weighted by molar-refractivity contribution is 0.281. The molecule has 15 heavy (non-hydrogen) atoms. The number of aliphatic hydroxyl groups excluding tert-OH is 1. The summed E-state index contributed by atoms with van der Waals surface area (Å²) in [5, 5.41) is 10.6. The highest BCUT2D eigenvalue weighted by atomic mass is 35.5. The van der Waals surface area contributed by atoms with E-state index in [1.807, 2.05) is 12.1 Å². The van der Waals surface area contributed by atoms with Crippen LogP contribution in [-0.4, -0.2) is 10.1 Å². The third-order valence-corrected chi connectivity index (χ3v) is 3.74. The summed E-state index contributed by atoms with van der Waals surface area (Å²) in [6, 6.07) is 5.45. The number of halogens is 2. The second-order valence-electron chi connectivity index (χ2n) is 2.88. The zero-order chi connectivity index (χ0) is 10.8. The molecule has 2 nitrogen and oxygen atoms in total. The molecule has 0 saturated heterocycles. The topological polar surface area (TPSA) is 33.1 Å². The minimum absolute atomic E-state index is 0.0527. The summed E-state index contributed by atoms with van der Waals surface area (Å²) in [5.41, 5.74) is 0.848. The normalized spacial score (nSPS) is 10.6. The highest BCUT2D eigenvalue weighted by molar-refractivity contribution is 7.15. The minimum atomic E-state index is -0.0527. The third kappa shape index (κ3) is 2.16. The summed E-state index contributed by atoms with van der Waals surface area (Å²) in [6.45, 7) is -0.0527. The van der Waals surface area contributed by atoms with Crippen molar-refractivity contribution in [3.05, 3.63) is 39.4 Å². The van der Waals surface area contributed by atoms with Crippen LogP contribution in [0.15, 0.2) is 24.4 Å². The third-order valence-electron chi connectivity index (χ3n) is 1.91. The van der Waals surface area contributed by atoms with Gasteiger partial charge in [0.2, 0.25) is 0 Å². The van der Waals surface area contributed by atoms with Gasteiger partial charge in [-0.05, 0) is 6.07 Å². The summed E-state index contributed by atoms with van der Waals surface area (Å²) >= 11 is 13.4. The van der Waals surface area contributed by atoms with Crippen LogP contribution in [0.3, 0.4) is 0 Å². The second kappa shape index (κ2) is 4.49. The molecular weight excluding hydrogens is 253 g/mol. The predicted octanol–water partition coefficient (Wildman–Crippen LogP) is 3.61. The van der Waals surface area contributed by atoms with E-state index in [9.17, 15) is 0 Å². The molecule has 1 N–H and O–H groups in total. The molecule has 0 bridgehead atoms. The lowest BCUT2D eigenvalue weighted by atomic mass is 10.2. The van der Waals surface area contributed by atoms with E-state index < -0.39 is 0 Å². The molecule has 78 valence electrons. The molecule has 0 fully saturated rings. The van der Waals surface area contributed by atoms with E-state index >= 15 is 0 Å². The van der Waals surface area contributed by atoms with Crippen LogP contribution in [-0.2, 0) is 6.61 Å². The molecule has 1 aromatic carbocycles. The molecule has 0 atom stereocenters. The van der Waals surface area contributed by atoms with E-state index in [2.05, 4.69) is 4.98 Å². The zero-order valence-corrected chi connectivity index (χ0v) is 9.90. The van der Waals surface area contributed by atoms with Gasteiger partial charge in [0.15, 0.2) is 0 Å². The Balaban J connectivity index is 2.49. The lowest BCUT2D eigenvalue weighted by Gasteiger charge is -2.01. The van der Waals surface area contributed by atoms with Gasteiger partial charge in [-0.3, -0.25) is 0 Å². The Hall–Kier alpha value is -0.610. The van der Waals surface area contributed by atoms with Gasteiger partial charge >= 0.3 is 0 Å². The van der Waals surface area contributed by atoms with Gasteiger partial charge in [0.1, 0.15) is 5.01 Å². The van der Waals surface area contributed by atoms with E-state index in [1.165, 1.54) is 11.3 Å². The minimum Gasteiger partial charge on any atom is -0.389 e. The number of nitrogens with zero attached hydrogens (tertiary/aromatic N) is 1. The summed E-state index contributed by atoms with van der Waals surface area (Å²) < 4.78 is 0. The van der Waals surface area contributed by atoms with Crippen molar-refractivity contribution in [2.24, 2.45) is 0 Å². The van der Waals surface area contributed by atoms with E-state index in [0.717, 1.165) is 10.4 Å². The van der Waals surface area contributed by atoms with Gasteiger partial charge in [0, 0.05) is 11.8 Å². The van der Waals surface area contributed by atoms with Gasteiger partial charge in [0.05, 0.1) is 21.5 Å². The number of hydrogen-bond donors (Lipinski definition) is 1. The molecule has 2 aromatic rings. The predicted molar refractivity (Wildman–Crippen MR) is 63.5 cm³/mol. The first-order chi connectivity index (χ1) is 7.22. The first-order valence-corrected chi connectivity index (χ1v) is 5.79. The fourth-order valence-corrected chi connectivity index (χ4v) is 2.47. The van der Waals surface area contributed by atoms with Gasteiger partial charge in [-0.25, -0.2) is 4.98 Å². The molecule has 0 aliphatic heterocycles. The molecule has 0 aliphatic carbocycles. The van der Waals surface area contributed by atoms with Crippen LogP contribution in [0.25, 0.3) is 10.4 Å². The Morgan fingerprint density at radius 2 is 2.13 bits per heavy atom. The fraction of sp³-hybridized carbons (Fsp3) is 0.100. The van der Waals surface area contributed by atoms with Crippen molar-refractivity contribution in [3.63, 3.8) is 0 Å². The molecule has 0 saturated carbocycles. The first-order valence-electron chi connectivity index (χ1n) is 4.22. The maximum atomic E-state index is 8.91. The van der Waals surface area contributed by atoms with E-state index in [1.54, 1.807) is 12.3 Å². The van der Waals surface area contributed by atoms with Gasteiger partial charge in [0.25, 0.3) is 0 Å². The highest BCUT2D eigenvalue weighted by Gasteiger charge is 2.09. The Morgan fingerprint density at radius 1 is 1.33 bits per heavy atom. The van der Waals surface area contributed by atoms with Crippen molar-refractivity contribution in [1.82, 2.24) is 4.98 Å². The van der Waals surface area contributed by atoms with Crippen molar-refractivity contribution < 1.29 is 5.11 Å². The number of benzene rings is 1. The first kappa shape index (κ1) is 10.9. The maximum Gasteiger partial charge on any atom is 0.119 e. The number of aliphatic hydroxyl groups is 1. The SMILES string of the molecule is OCc1ncc(-c2cccc(Cl)c2Cl)s1. The Bertz CT molecular complexity index is 484. The molecule has 0 spiro atoms. The molecule has 0 amide bonds. The van der Waals surface area contributed by atoms with Crippen LogP contribution in [0.4, 0.5) is 0 Å². The summed E-state index contributed by atoms with van der Waals surface area (Å²) in [4.78, 5) is 4.96. The van der Waals surface area contributed by atoms with Crippen LogP contribution < -0.4 is 0 Å². The van der Waals surface area contributed by atoms with Gasteiger partial charge in [-0.15, -0.1) is 11.3 Å². The van der Waals surface area contributed by atoms with Crippen molar-refractivity contribution in [3.8, 4) is 10.4 Å². The zero-order valence-electron chi connectivity index (χ0n) is 7.58. The van der Waals surface area contributed by atoms with Crippen LogP contribution in [0, 0.1) is 0 Å². The number of aromatic nitrogens is 1. The van der Waals surface area contributed by atoms with Crippen molar-refractivity contribution >= 4 is 34.5 Å². The Kier molecular flexibility index (Phi) is 3.26. The standard InChI is InChI=1S/C10H7Cl2NOS/c11-7-3-1-2-6(10(7)12)8-4-13-9(5-14)15-8/h1-4,14H,5H2. The summed E-state index contributed by atoms with van der Waals surface area (Å²) in [5.74, 6) is 0. The van der Waals surface area contributed by atoms with Crippen LogP contribution >= 0.6 is 34.5 Å². The Labute approximate surface area is 101 Å². The van der Waals surface area contributed by atoms with Gasteiger partial charge < -0.3 is 5.11 Å². The molecule has 0 aliphatic rings. The largest absolute Gasteiger partial charge is 0.389 e. The molecule has 1 aromatic heterocycles. The average Bonchev–Trinajstić information content (AvgIpc) is 2.70. The van der Waals surface area contributed by atoms with Crippen LogP contribution in [0.2, 0.25) is 10.0 Å². The molecule has 1 heterocycles. The molecular formula is C10H7Cl2NOS. The fourth-order valence-electron chi connectivity index (χ4n) is 1.20. The van der Waals surface area contributed by atoms with Crippen molar-refractivity contribution in [1.29, 1.82) is 0 Å². The summed E-state index contributed by atoms with van der Waals surface area (Å²) in [7, 11) is 0. The van der Waals surface area contributed by atoms with Crippen LogP contribution in [0.5, 0.6) is 0 Å². The lowest BCUT2D eigenvalue weighted by Crippen LogP contribution is -1.75. The van der Waals surface area contributed by atoms with Crippen molar-refractivity contribution in [2.45, 2.75) is 6.61 Å². The molecule has 0 unspecified atom stereocenters. The highest BCUT2D eigenvalue weighted by Crippen LogP contribution is 2.36. The summed E-state index contributed by atoms with van der Waals surface area (Å²) in [6.07, 6.45) is 1.69. The van der Waals surface area contributed by atoms with E-state index in [4.69, 9.17) is 28.3 Å². The monoisotopic (exact) mass is 259 g/mol. The Morgan fingerprint density at radius 3 is 2.80 bits per heavy atom. The number of rotatable bonds is 2. The maximum absolute atomic E-state index is 8.91.